The Bertz CT molecular complexity index is 1400. The lowest BCUT2D eigenvalue weighted by atomic mass is 9.90. The van der Waals surface area contributed by atoms with Crippen LogP contribution in [0, 0.1) is 11.7 Å². The minimum atomic E-state index is -3.99. The first-order valence-corrected chi connectivity index (χ1v) is 12.5. The summed E-state index contributed by atoms with van der Waals surface area (Å²) in [5.41, 5.74) is 1.58. The van der Waals surface area contributed by atoms with Gasteiger partial charge >= 0.3 is 0 Å². The smallest absolute Gasteiger partial charge is 0.265 e. The summed E-state index contributed by atoms with van der Waals surface area (Å²) in [5.74, 6) is -0.113. The number of carbonyl (C=O) groups excluding carboxylic acids is 1. The van der Waals surface area contributed by atoms with E-state index in [1.54, 1.807) is 30.6 Å². The van der Waals surface area contributed by atoms with Crippen LogP contribution in [0.1, 0.15) is 32.3 Å². The normalized spacial score (nSPS) is 11.9. The van der Waals surface area contributed by atoms with E-state index in [1.807, 2.05) is 45.0 Å². The molecule has 0 fully saturated rings. The number of sulfonamides is 1. The van der Waals surface area contributed by atoms with Crippen molar-refractivity contribution in [2.24, 2.45) is 5.92 Å². The lowest BCUT2D eigenvalue weighted by molar-refractivity contribution is -0.105. The predicted octanol–water partition coefficient (Wildman–Crippen LogP) is 5.58. The van der Waals surface area contributed by atoms with E-state index in [0.717, 1.165) is 22.0 Å². The minimum absolute atomic E-state index is 0.148. The van der Waals surface area contributed by atoms with Crippen LogP contribution in [0.4, 0.5) is 15.9 Å². The number of benzene rings is 2. The highest BCUT2D eigenvalue weighted by molar-refractivity contribution is 7.92. The molecular formula is C26H27FN4O3S. The molecule has 0 aliphatic heterocycles. The summed E-state index contributed by atoms with van der Waals surface area (Å²) in [5, 5.41) is 4.74. The third-order valence-corrected chi connectivity index (χ3v) is 6.93. The molecule has 1 amide bonds. The zero-order valence-electron chi connectivity index (χ0n) is 19.6. The fraction of sp³-hybridized carbons (Fsp3) is 0.192. The number of aromatic nitrogens is 2. The molecule has 0 radical (unpaired) electrons. The molecule has 2 aromatic heterocycles. The molecule has 0 bridgehead atoms. The maximum atomic E-state index is 14.2. The molecule has 2 N–H and O–H groups in total. The van der Waals surface area contributed by atoms with Crippen molar-refractivity contribution in [1.82, 2.24) is 9.97 Å². The molecule has 0 aliphatic rings. The highest BCUT2D eigenvalue weighted by atomic mass is 32.2. The lowest BCUT2D eigenvalue weighted by Crippen LogP contribution is -2.16. The van der Waals surface area contributed by atoms with Gasteiger partial charge in [0.05, 0.1) is 0 Å². The summed E-state index contributed by atoms with van der Waals surface area (Å²) < 4.78 is 41.0. The number of fused-ring (bicyclic) bond motifs is 1. The molecule has 35 heavy (non-hydrogen) atoms. The van der Waals surface area contributed by atoms with Gasteiger partial charge < -0.3 is 5.32 Å². The van der Waals surface area contributed by atoms with Crippen LogP contribution in [0.3, 0.4) is 0 Å². The fourth-order valence-electron chi connectivity index (χ4n) is 3.26. The second-order valence-electron chi connectivity index (χ2n) is 8.24. The van der Waals surface area contributed by atoms with Crippen molar-refractivity contribution in [3.8, 4) is 0 Å². The number of amides is 1. The zero-order valence-corrected chi connectivity index (χ0v) is 20.5. The average Bonchev–Trinajstić information content (AvgIpc) is 2.84. The number of pyridine rings is 2. The summed E-state index contributed by atoms with van der Waals surface area (Å²) in [6.07, 6.45) is 5.65. The third kappa shape index (κ3) is 6.83. The number of nitrogens with zero attached hydrogens (tertiary/aromatic N) is 2. The predicted molar refractivity (Wildman–Crippen MR) is 136 cm³/mol. The largest absolute Gasteiger partial charge is 0.329 e. The monoisotopic (exact) mass is 494 g/mol. The Morgan fingerprint density at radius 2 is 1.74 bits per heavy atom. The molecular weight excluding hydrogens is 467 g/mol. The average molecular weight is 495 g/mol. The van der Waals surface area contributed by atoms with Gasteiger partial charge in [-0.05, 0) is 65.3 Å². The van der Waals surface area contributed by atoms with Gasteiger partial charge in [-0.15, -0.1) is 0 Å². The summed E-state index contributed by atoms with van der Waals surface area (Å²) in [7, 11) is -3.99. The van der Waals surface area contributed by atoms with E-state index >= 15 is 0 Å². The van der Waals surface area contributed by atoms with Gasteiger partial charge in [0.25, 0.3) is 10.0 Å². The molecule has 182 valence electrons. The number of hydrogen-bond acceptors (Lipinski definition) is 5. The Morgan fingerprint density at radius 1 is 0.943 bits per heavy atom. The van der Waals surface area contributed by atoms with Crippen LogP contribution in [0.25, 0.3) is 10.8 Å². The first-order chi connectivity index (χ1) is 16.7. The molecule has 7 nitrogen and oxygen atoms in total. The number of nitrogens with one attached hydrogen (secondary N) is 2. The van der Waals surface area contributed by atoms with Crippen LogP contribution in [0.2, 0.25) is 0 Å². The van der Waals surface area contributed by atoms with E-state index in [9.17, 15) is 17.6 Å². The van der Waals surface area contributed by atoms with Crippen LogP contribution >= 0.6 is 0 Å². The van der Waals surface area contributed by atoms with E-state index in [4.69, 9.17) is 0 Å². The number of rotatable bonds is 7. The molecule has 2 heterocycles. The van der Waals surface area contributed by atoms with Gasteiger partial charge in [0, 0.05) is 29.7 Å². The van der Waals surface area contributed by atoms with Crippen molar-refractivity contribution < 1.29 is 17.6 Å². The van der Waals surface area contributed by atoms with Crippen LogP contribution < -0.4 is 10.0 Å². The number of hydrogen-bond donors (Lipinski definition) is 2. The van der Waals surface area contributed by atoms with Gasteiger partial charge in [-0.3, -0.25) is 14.5 Å². The lowest BCUT2D eigenvalue weighted by Gasteiger charge is -2.17. The summed E-state index contributed by atoms with van der Waals surface area (Å²) >= 11 is 0. The summed E-state index contributed by atoms with van der Waals surface area (Å²) in [6.45, 7) is 6.06. The van der Waals surface area contributed by atoms with E-state index in [2.05, 4.69) is 20.0 Å². The zero-order chi connectivity index (χ0) is 25.4. The van der Waals surface area contributed by atoms with E-state index in [-0.39, 0.29) is 16.6 Å². The number of halogens is 1. The molecule has 0 aliphatic carbocycles. The quantitative estimate of drug-likeness (QED) is 0.327. The second-order valence-corrected chi connectivity index (χ2v) is 9.89. The Kier molecular flexibility index (Phi) is 8.48. The highest BCUT2D eigenvalue weighted by Crippen LogP contribution is 2.27. The first-order valence-electron chi connectivity index (χ1n) is 11.0. The second kappa shape index (κ2) is 11.5. The van der Waals surface area contributed by atoms with Crippen molar-refractivity contribution in [3.63, 3.8) is 0 Å². The van der Waals surface area contributed by atoms with E-state index in [0.29, 0.717) is 12.3 Å². The van der Waals surface area contributed by atoms with Crippen molar-refractivity contribution in [2.45, 2.75) is 31.6 Å². The molecule has 4 aromatic rings. The Hall–Kier alpha value is -3.85. The standard InChI is InChI=1S/C16H19FN2O2S.C10H8N2O/c1-11(2)12(3)13-7-8-15(14(17)10-13)22(20,21)19-16-6-4-5-9-18-16;13-7-12-10-2-1-9-6-11-4-3-8(9)5-10/h4-12H,1-3H3,(H,18,19);1-7H,(H,12,13). The van der Waals surface area contributed by atoms with Gasteiger partial charge in [-0.1, -0.05) is 39.0 Å². The Labute approximate surface area is 204 Å². The van der Waals surface area contributed by atoms with Gasteiger partial charge in [0.15, 0.2) is 0 Å². The van der Waals surface area contributed by atoms with Gasteiger partial charge in [0.2, 0.25) is 6.41 Å². The first kappa shape index (κ1) is 25.8. The van der Waals surface area contributed by atoms with Gasteiger partial charge in [0.1, 0.15) is 16.5 Å². The van der Waals surface area contributed by atoms with Crippen molar-refractivity contribution in [3.05, 3.63) is 90.6 Å². The molecule has 0 saturated heterocycles. The SMILES string of the molecule is CC(C)C(C)c1ccc(S(=O)(=O)Nc2ccccn2)c(F)c1.O=CNc1ccc2cnccc2c1. The maximum absolute atomic E-state index is 14.2. The van der Waals surface area contributed by atoms with Crippen LogP contribution in [-0.4, -0.2) is 24.8 Å². The van der Waals surface area contributed by atoms with Crippen molar-refractivity contribution >= 4 is 38.7 Å². The minimum Gasteiger partial charge on any atom is -0.329 e. The molecule has 0 spiro atoms. The Morgan fingerprint density at radius 3 is 2.40 bits per heavy atom. The highest BCUT2D eigenvalue weighted by Gasteiger charge is 2.21. The third-order valence-electron chi connectivity index (χ3n) is 5.54. The topological polar surface area (TPSA) is 101 Å². The van der Waals surface area contributed by atoms with Crippen LogP contribution in [0.5, 0.6) is 0 Å². The van der Waals surface area contributed by atoms with Gasteiger partial charge in [-0.2, -0.15) is 0 Å². The Balaban J connectivity index is 0.000000223. The van der Waals surface area contributed by atoms with Crippen LogP contribution in [0.15, 0.2) is 84.1 Å². The summed E-state index contributed by atoms with van der Waals surface area (Å²) in [4.78, 5) is 17.7. The van der Waals surface area contributed by atoms with Crippen molar-refractivity contribution in [1.29, 1.82) is 0 Å². The molecule has 1 unspecified atom stereocenters. The van der Waals surface area contributed by atoms with Gasteiger partial charge in [-0.25, -0.2) is 17.8 Å². The fourth-order valence-corrected chi connectivity index (χ4v) is 4.33. The molecule has 2 aromatic carbocycles. The van der Waals surface area contributed by atoms with E-state index < -0.39 is 15.8 Å². The van der Waals surface area contributed by atoms with Crippen LogP contribution in [-0.2, 0) is 14.8 Å². The maximum Gasteiger partial charge on any atom is 0.265 e. The van der Waals surface area contributed by atoms with E-state index in [1.165, 1.54) is 24.4 Å². The number of carbonyl (C=O) groups is 1. The molecule has 9 heteroatoms. The molecule has 0 saturated carbocycles. The summed E-state index contributed by atoms with van der Waals surface area (Å²) in [6, 6.07) is 16.6. The molecule has 1 atom stereocenters. The van der Waals surface area contributed by atoms with Crippen molar-refractivity contribution in [2.75, 3.05) is 10.0 Å². The number of anilines is 2. The molecule has 4 rings (SSSR count).